The van der Waals surface area contributed by atoms with E-state index in [1.165, 1.54) is 11.8 Å². The Morgan fingerprint density at radius 2 is 1.87 bits per heavy atom. The quantitative estimate of drug-likeness (QED) is 0.186. The van der Waals surface area contributed by atoms with Crippen LogP contribution in [0.4, 0.5) is 0 Å². The molecule has 1 amide bonds. The number of furan rings is 1. The van der Waals surface area contributed by atoms with Crippen LogP contribution in [-0.2, 0) is 17.9 Å². The van der Waals surface area contributed by atoms with Gasteiger partial charge in [0.25, 0.3) is 5.91 Å². The van der Waals surface area contributed by atoms with E-state index in [1.807, 2.05) is 79.0 Å². The van der Waals surface area contributed by atoms with E-state index in [0.29, 0.717) is 29.4 Å². The molecule has 7 heteroatoms. The fourth-order valence-corrected chi connectivity index (χ4v) is 3.99. The summed E-state index contributed by atoms with van der Waals surface area (Å²) in [7, 11) is 0. The molecule has 0 aliphatic rings. The molecule has 3 aromatic carbocycles. The van der Waals surface area contributed by atoms with Crippen molar-refractivity contribution in [2.75, 3.05) is 0 Å². The molecular formula is C32H26N4O3. The zero-order valence-corrected chi connectivity index (χ0v) is 21.4. The minimum absolute atomic E-state index is 0.0396. The van der Waals surface area contributed by atoms with Crippen LogP contribution in [0.5, 0.6) is 5.75 Å². The molecule has 0 atom stereocenters. The van der Waals surface area contributed by atoms with Crippen LogP contribution in [0.15, 0.2) is 113 Å². The number of aryl methyl sites for hydroxylation is 1. The number of carbonyl (C=O) groups excluding carboxylic acids is 1. The molecular weight excluding hydrogens is 488 g/mol. The zero-order valence-electron chi connectivity index (χ0n) is 21.4. The molecule has 2 aromatic heterocycles. The minimum atomic E-state index is -0.498. The second-order valence-electron chi connectivity index (χ2n) is 8.95. The van der Waals surface area contributed by atoms with E-state index in [9.17, 15) is 10.1 Å². The van der Waals surface area contributed by atoms with E-state index in [1.54, 1.807) is 22.9 Å². The average Bonchev–Trinajstić information content (AvgIpc) is 3.65. The van der Waals surface area contributed by atoms with Crippen LogP contribution < -0.4 is 10.1 Å². The summed E-state index contributed by atoms with van der Waals surface area (Å²) in [5.41, 5.74) is 5.12. The van der Waals surface area contributed by atoms with Crippen LogP contribution in [0.2, 0.25) is 0 Å². The topological polar surface area (TPSA) is 93.1 Å². The van der Waals surface area contributed by atoms with Crippen molar-refractivity contribution in [1.82, 2.24) is 15.1 Å². The Bertz CT molecular complexity index is 1630. The number of aromatic nitrogens is 2. The van der Waals surface area contributed by atoms with Gasteiger partial charge in [-0.25, -0.2) is 4.68 Å². The first-order chi connectivity index (χ1) is 19.1. The number of nitriles is 1. The lowest BCUT2D eigenvalue weighted by Gasteiger charge is -2.08. The molecule has 1 N–H and O–H groups in total. The predicted molar refractivity (Wildman–Crippen MR) is 149 cm³/mol. The van der Waals surface area contributed by atoms with Crippen molar-refractivity contribution in [3.8, 4) is 28.8 Å². The van der Waals surface area contributed by atoms with Gasteiger partial charge in [0.15, 0.2) is 0 Å². The van der Waals surface area contributed by atoms with Gasteiger partial charge in [0.2, 0.25) is 0 Å². The van der Waals surface area contributed by atoms with Crippen molar-refractivity contribution in [2.24, 2.45) is 0 Å². The minimum Gasteiger partial charge on any atom is -0.489 e. The van der Waals surface area contributed by atoms with Gasteiger partial charge in [-0.2, -0.15) is 10.4 Å². The predicted octanol–water partition coefficient (Wildman–Crippen LogP) is 6.24. The van der Waals surface area contributed by atoms with Crippen molar-refractivity contribution in [3.63, 3.8) is 0 Å². The summed E-state index contributed by atoms with van der Waals surface area (Å²) >= 11 is 0. The van der Waals surface area contributed by atoms with Gasteiger partial charge in [0.05, 0.1) is 18.5 Å². The fourth-order valence-electron chi connectivity index (χ4n) is 3.99. The number of nitrogens with zero attached hydrogens (tertiary/aromatic N) is 3. The molecule has 192 valence electrons. The SMILES string of the molecule is Cc1ccc(COc2cccc(-c3nn(-c4ccccc4)cc3/C=C(/C#N)C(=O)NCc3ccco3)c2)cc1. The molecule has 2 heterocycles. The van der Waals surface area contributed by atoms with Crippen LogP contribution >= 0.6 is 0 Å². The van der Waals surface area contributed by atoms with Gasteiger partial charge in [-0.1, -0.05) is 60.2 Å². The molecule has 39 heavy (non-hydrogen) atoms. The molecule has 0 saturated carbocycles. The summed E-state index contributed by atoms with van der Waals surface area (Å²) in [4.78, 5) is 12.8. The van der Waals surface area contributed by atoms with Crippen molar-refractivity contribution in [1.29, 1.82) is 5.26 Å². The first-order valence-corrected chi connectivity index (χ1v) is 12.5. The van der Waals surface area contributed by atoms with E-state index >= 15 is 0 Å². The van der Waals surface area contributed by atoms with Crippen molar-refractivity contribution in [2.45, 2.75) is 20.1 Å². The normalized spacial score (nSPS) is 11.1. The monoisotopic (exact) mass is 514 g/mol. The Hall–Kier alpha value is -5.35. The van der Waals surface area contributed by atoms with Gasteiger partial charge >= 0.3 is 0 Å². The summed E-state index contributed by atoms with van der Waals surface area (Å²) in [5, 5.41) is 17.3. The van der Waals surface area contributed by atoms with Gasteiger partial charge in [-0.15, -0.1) is 0 Å². The molecule has 0 saturated heterocycles. The highest BCUT2D eigenvalue weighted by molar-refractivity contribution is 6.02. The first kappa shape index (κ1) is 25.3. The number of nitrogens with one attached hydrogen (secondary N) is 1. The Morgan fingerprint density at radius 3 is 2.62 bits per heavy atom. The second kappa shape index (κ2) is 11.8. The molecule has 0 fully saturated rings. The third-order valence-corrected chi connectivity index (χ3v) is 6.07. The fraction of sp³-hybridized carbons (Fsp3) is 0.0938. The van der Waals surface area contributed by atoms with E-state index < -0.39 is 5.91 Å². The standard InChI is InChI=1S/C32H26N4O3/c1-23-12-14-24(15-13-23)22-39-29-10-5-7-25(18-29)31-27(21-36(35-31)28-8-3-2-4-9-28)17-26(19-33)32(37)34-20-30-11-6-16-38-30/h2-18,21H,20,22H2,1H3,(H,34,37)/b26-17-. The summed E-state index contributed by atoms with van der Waals surface area (Å²) in [6.07, 6.45) is 4.89. The molecule has 0 spiro atoms. The number of amides is 1. The molecule has 5 aromatic rings. The first-order valence-electron chi connectivity index (χ1n) is 12.5. The molecule has 0 aliphatic carbocycles. The lowest BCUT2D eigenvalue weighted by Crippen LogP contribution is -2.23. The highest BCUT2D eigenvalue weighted by atomic mass is 16.5. The number of carbonyl (C=O) groups is 1. The third kappa shape index (κ3) is 6.32. The van der Waals surface area contributed by atoms with Crippen LogP contribution in [-0.4, -0.2) is 15.7 Å². The van der Waals surface area contributed by atoms with Crippen molar-refractivity contribution >= 4 is 12.0 Å². The molecule has 0 radical (unpaired) electrons. The Labute approximate surface area is 226 Å². The summed E-state index contributed by atoms with van der Waals surface area (Å²) in [6, 6.07) is 31.0. The second-order valence-corrected chi connectivity index (χ2v) is 8.95. The molecule has 5 rings (SSSR count). The Balaban J connectivity index is 1.45. The van der Waals surface area contributed by atoms with E-state index in [-0.39, 0.29) is 12.1 Å². The van der Waals surface area contributed by atoms with Crippen molar-refractivity contribution in [3.05, 3.63) is 131 Å². The summed E-state index contributed by atoms with van der Waals surface area (Å²) in [5.74, 6) is 0.789. The van der Waals surface area contributed by atoms with E-state index in [4.69, 9.17) is 14.3 Å². The average molecular weight is 515 g/mol. The molecule has 0 aliphatic heterocycles. The smallest absolute Gasteiger partial charge is 0.262 e. The maximum atomic E-state index is 12.8. The largest absolute Gasteiger partial charge is 0.489 e. The maximum Gasteiger partial charge on any atom is 0.262 e. The number of hydrogen-bond acceptors (Lipinski definition) is 5. The Kier molecular flexibility index (Phi) is 7.66. The number of hydrogen-bond donors (Lipinski definition) is 1. The van der Waals surface area contributed by atoms with Crippen molar-refractivity contribution < 1.29 is 13.9 Å². The van der Waals surface area contributed by atoms with Gasteiger partial charge < -0.3 is 14.5 Å². The van der Waals surface area contributed by atoms with Crippen LogP contribution in [0.25, 0.3) is 23.0 Å². The Morgan fingerprint density at radius 1 is 1.05 bits per heavy atom. The summed E-state index contributed by atoms with van der Waals surface area (Å²) < 4.78 is 13.1. The highest BCUT2D eigenvalue weighted by Crippen LogP contribution is 2.29. The molecule has 0 bridgehead atoms. The number of benzene rings is 3. The van der Waals surface area contributed by atoms with Gasteiger partial charge in [0, 0.05) is 17.3 Å². The van der Waals surface area contributed by atoms with Crippen LogP contribution in [0.1, 0.15) is 22.5 Å². The van der Waals surface area contributed by atoms with E-state index in [2.05, 4.69) is 24.4 Å². The summed E-state index contributed by atoms with van der Waals surface area (Å²) in [6.45, 7) is 2.67. The van der Waals surface area contributed by atoms with Crippen LogP contribution in [0, 0.1) is 18.3 Å². The zero-order chi connectivity index (χ0) is 27.0. The lowest BCUT2D eigenvalue weighted by atomic mass is 10.1. The maximum absolute atomic E-state index is 12.8. The molecule has 0 unspecified atom stereocenters. The number of rotatable bonds is 9. The molecule has 7 nitrogen and oxygen atoms in total. The van der Waals surface area contributed by atoms with E-state index in [0.717, 1.165) is 16.8 Å². The number of ether oxygens (including phenoxy) is 1. The van der Waals surface area contributed by atoms with Crippen LogP contribution in [0.3, 0.4) is 0 Å². The number of para-hydroxylation sites is 1. The van der Waals surface area contributed by atoms with Gasteiger partial charge in [0.1, 0.15) is 35.5 Å². The third-order valence-electron chi connectivity index (χ3n) is 6.07. The van der Waals surface area contributed by atoms with Gasteiger partial charge in [-0.3, -0.25) is 4.79 Å². The highest BCUT2D eigenvalue weighted by Gasteiger charge is 2.16. The lowest BCUT2D eigenvalue weighted by molar-refractivity contribution is -0.117. The van der Waals surface area contributed by atoms with Gasteiger partial charge in [-0.05, 0) is 55.0 Å².